The van der Waals surface area contributed by atoms with Crippen molar-refractivity contribution in [3.05, 3.63) is 35.4 Å². The first-order valence-electron chi connectivity index (χ1n) is 10.5. The van der Waals surface area contributed by atoms with Crippen molar-refractivity contribution in [2.45, 2.75) is 103 Å². The number of hydrogen-bond donors (Lipinski definition) is 0. The Morgan fingerprint density at radius 1 is 0.571 bits per heavy atom. The lowest BCUT2D eigenvalue weighted by Crippen LogP contribution is -2.41. The van der Waals surface area contributed by atoms with Gasteiger partial charge in [0.15, 0.2) is 0 Å². The van der Waals surface area contributed by atoms with Crippen LogP contribution in [0, 0.1) is 0 Å². The Hall–Kier alpha value is -0.810. The van der Waals surface area contributed by atoms with Crippen LogP contribution >= 0.6 is 0 Å². The molecule has 154 valence electrons. The van der Waals surface area contributed by atoms with Gasteiger partial charge in [-0.05, 0) is 72.4 Å². The third kappa shape index (κ3) is 3.69. The molecule has 2 fully saturated rings. The van der Waals surface area contributed by atoms with Gasteiger partial charge >= 0.3 is 14.2 Å². The molecular weight excluding hydrogens is 350 g/mol. The van der Waals surface area contributed by atoms with Crippen LogP contribution in [0.25, 0.3) is 0 Å². The molecule has 0 radical (unpaired) electrons. The van der Waals surface area contributed by atoms with Crippen LogP contribution in [-0.2, 0) is 18.6 Å². The molecule has 0 bridgehead atoms. The maximum Gasteiger partial charge on any atom is 0.463 e. The molecule has 1 aromatic carbocycles. The summed E-state index contributed by atoms with van der Waals surface area (Å²) in [6.45, 7) is 21.0. The van der Waals surface area contributed by atoms with E-state index in [-0.39, 0.29) is 5.72 Å². The van der Waals surface area contributed by atoms with Crippen molar-refractivity contribution >= 4 is 14.2 Å². The van der Waals surface area contributed by atoms with E-state index < -0.39 is 36.6 Å². The van der Waals surface area contributed by atoms with E-state index in [1.54, 1.807) is 0 Å². The number of hydrogen-bond acceptors (Lipinski definition) is 4. The summed E-state index contributed by atoms with van der Waals surface area (Å²) in [5, 5.41) is 0. The lowest BCUT2D eigenvalue weighted by atomic mass is 9.49. The van der Waals surface area contributed by atoms with Crippen LogP contribution in [0.15, 0.2) is 24.3 Å². The van der Waals surface area contributed by atoms with Gasteiger partial charge in [-0.1, -0.05) is 38.1 Å². The van der Waals surface area contributed by atoms with Crippen LogP contribution in [0.1, 0.15) is 92.0 Å². The minimum absolute atomic E-state index is 0.177. The second-order valence-corrected chi connectivity index (χ2v) is 10.6. The van der Waals surface area contributed by atoms with Gasteiger partial charge in [-0.15, -0.1) is 0 Å². The largest absolute Gasteiger partial charge is 0.463 e. The van der Waals surface area contributed by atoms with E-state index in [9.17, 15) is 0 Å². The van der Waals surface area contributed by atoms with Gasteiger partial charge in [0.2, 0.25) is 0 Å². The molecule has 3 rings (SSSR count). The molecule has 0 aromatic heterocycles. The summed E-state index contributed by atoms with van der Waals surface area (Å²) in [5.74, 6) is 0.487. The molecule has 0 amide bonds. The highest BCUT2D eigenvalue weighted by Crippen LogP contribution is 2.46. The molecule has 2 saturated heterocycles. The smallest absolute Gasteiger partial charge is 0.403 e. The first kappa shape index (κ1) is 21.9. The Kier molecular flexibility index (Phi) is 5.37. The van der Waals surface area contributed by atoms with Crippen molar-refractivity contribution in [3.63, 3.8) is 0 Å². The van der Waals surface area contributed by atoms with Crippen molar-refractivity contribution in [2.75, 3.05) is 0 Å². The third-order valence-electron chi connectivity index (χ3n) is 7.12. The topological polar surface area (TPSA) is 36.9 Å². The van der Waals surface area contributed by atoms with Crippen molar-refractivity contribution in [1.29, 1.82) is 0 Å². The maximum absolute atomic E-state index is 6.42. The van der Waals surface area contributed by atoms with E-state index in [1.807, 2.05) is 0 Å². The van der Waals surface area contributed by atoms with Crippen LogP contribution in [0.4, 0.5) is 0 Å². The molecule has 1 aromatic rings. The van der Waals surface area contributed by atoms with Gasteiger partial charge in [-0.2, -0.15) is 0 Å². The van der Waals surface area contributed by atoms with Crippen molar-refractivity contribution in [2.24, 2.45) is 0 Å². The van der Waals surface area contributed by atoms with Gasteiger partial charge in [0.25, 0.3) is 0 Å². The molecule has 28 heavy (non-hydrogen) atoms. The summed E-state index contributed by atoms with van der Waals surface area (Å²) >= 11 is 0. The molecule has 2 aliphatic rings. The van der Waals surface area contributed by atoms with Gasteiger partial charge in [-0.3, -0.25) is 0 Å². The van der Waals surface area contributed by atoms with Gasteiger partial charge in [0, 0.05) is 0 Å². The number of benzene rings is 1. The van der Waals surface area contributed by atoms with Crippen molar-refractivity contribution < 1.29 is 18.6 Å². The molecule has 0 unspecified atom stereocenters. The zero-order valence-corrected chi connectivity index (χ0v) is 19.3. The van der Waals surface area contributed by atoms with E-state index in [0.29, 0.717) is 5.92 Å². The molecule has 2 aliphatic heterocycles. The van der Waals surface area contributed by atoms with Crippen LogP contribution in [-0.4, -0.2) is 36.6 Å². The minimum atomic E-state index is -0.440. The monoisotopic (exact) mass is 386 g/mol. The van der Waals surface area contributed by atoms with Crippen LogP contribution in [0.3, 0.4) is 0 Å². The summed E-state index contributed by atoms with van der Waals surface area (Å²) in [6, 6.07) is 8.69. The Bertz CT molecular complexity index is 642. The zero-order chi connectivity index (χ0) is 21.1. The summed E-state index contributed by atoms with van der Waals surface area (Å²) < 4.78 is 25.7. The van der Waals surface area contributed by atoms with E-state index in [1.165, 1.54) is 5.56 Å². The molecule has 4 nitrogen and oxygen atoms in total. The highest BCUT2D eigenvalue weighted by atomic mass is 16.7. The van der Waals surface area contributed by atoms with Crippen molar-refractivity contribution in [1.82, 2.24) is 0 Å². The normalized spacial score (nSPS) is 25.1. The lowest BCUT2D eigenvalue weighted by molar-refractivity contribution is 0.00578. The number of rotatable bonds is 4. The quantitative estimate of drug-likeness (QED) is 0.671. The fourth-order valence-corrected chi connectivity index (χ4v) is 3.62. The highest BCUT2D eigenvalue weighted by Gasteiger charge is 2.62. The van der Waals surface area contributed by atoms with Crippen molar-refractivity contribution in [3.8, 4) is 0 Å². The van der Waals surface area contributed by atoms with E-state index in [4.69, 9.17) is 18.6 Å². The van der Waals surface area contributed by atoms with Crippen LogP contribution < -0.4 is 0 Å². The summed E-state index contributed by atoms with van der Waals surface area (Å²) in [7, 11) is -0.880. The predicted octanol–water partition coefficient (Wildman–Crippen LogP) is 5.16. The molecular formula is C22H36B2O4. The molecule has 0 spiro atoms. The Morgan fingerprint density at radius 3 is 1.14 bits per heavy atom. The molecule has 0 N–H and O–H groups in total. The summed E-state index contributed by atoms with van der Waals surface area (Å²) in [6.07, 6.45) is 0. The first-order chi connectivity index (χ1) is 12.7. The molecule has 0 saturated carbocycles. The van der Waals surface area contributed by atoms with Gasteiger partial charge in [0.1, 0.15) is 0 Å². The van der Waals surface area contributed by atoms with Gasteiger partial charge < -0.3 is 18.6 Å². The van der Waals surface area contributed by atoms with E-state index in [0.717, 1.165) is 5.56 Å². The Morgan fingerprint density at radius 2 is 0.857 bits per heavy atom. The Balaban J connectivity index is 1.98. The average Bonchev–Trinajstić information content (AvgIpc) is 2.87. The molecule has 6 heteroatoms. The molecule has 0 aliphatic carbocycles. The van der Waals surface area contributed by atoms with Gasteiger partial charge in [-0.25, -0.2) is 0 Å². The highest BCUT2D eigenvalue weighted by molar-refractivity contribution is 6.68. The molecule has 0 atom stereocenters. The van der Waals surface area contributed by atoms with E-state index >= 15 is 0 Å². The standard InChI is InChI=1S/C22H36B2O4/c1-15(2)16-11-13-17(14-12-16)18(23-25-19(3,4)20(5,6)26-23)24-27-21(7,8)22(9,10)28-24/h11-15,18H,1-10H3. The maximum atomic E-state index is 6.42. The second-order valence-electron chi connectivity index (χ2n) is 10.6. The van der Waals surface area contributed by atoms with Crippen LogP contribution in [0.2, 0.25) is 0 Å². The summed E-state index contributed by atoms with van der Waals surface area (Å²) in [4.78, 5) is 0. The average molecular weight is 386 g/mol. The Labute approximate surface area is 171 Å². The van der Waals surface area contributed by atoms with E-state index in [2.05, 4.69) is 93.5 Å². The summed E-state index contributed by atoms with van der Waals surface area (Å²) in [5.41, 5.74) is 0.624. The second kappa shape index (κ2) is 6.87. The van der Waals surface area contributed by atoms with Crippen LogP contribution in [0.5, 0.6) is 0 Å². The fourth-order valence-electron chi connectivity index (χ4n) is 3.62. The third-order valence-corrected chi connectivity index (χ3v) is 7.12. The first-order valence-corrected chi connectivity index (χ1v) is 10.5. The SMILES string of the molecule is CC(C)c1ccc(C(B2OC(C)(C)C(C)(C)O2)B2OC(C)(C)C(C)(C)O2)cc1. The molecule has 2 heterocycles. The zero-order valence-electron chi connectivity index (χ0n) is 19.3. The van der Waals surface area contributed by atoms with Gasteiger partial charge in [0.05, 0.1) is 28.1 Å². The minimum Gasteiger partial charge on any atom is -0.403 e. The lowest BCUT2D eigenvalue weighted by Gasteiger charge is -2.32. The fraction of sp³-hybridized carbons (Fsp3) is 0.727. The predicted molar refractivity (Wildman–Crippen MR) is 115 cm³/mol.